The maximum atomic E-state index is 12.7. The molecule has 4 atom stereocenters. The summed E-state index contributed by atoms with van der Waals surface area (Å²) in [5.74, 6) is 1.74. The predicted molar refractivity (Wildman–Crippen MR) is 102 cm³/mol. The van der Waals surface area contributed by atoms with Crippen molar-refractivity contribution in [1.82, 2.24) is 10.0 Å². The monoisotopic (exact) mass is 348 g/mol. The van der Waals surface area contributed by atoms with E-state index in [4.69, 9.17) is 0 Å². The van der Waals surface area contributed by atoms with Gasteiger partial charge in [0.05, 0.1) is 0 Å². The van der Waals surface area contributed by atoms with E-state index >= 15 is 0 Å². The van der Waals surface area contributed by atoms with Crippen LogP contribution in [0, 0.1) is 17.8 Å². The van der Waals surface area contributed by atoms with Crippen LogP contribution in [0.1, 0.15) is 65.7 Å². The van der Waals surface area contributed by atoms with Crippen molar-refractivity contribution in [1.29, 1.82) is 0 Å². The van der Waals surface area contributed by atoms with E-state index in [1.807, 2.05) is 0 Å². The van der Waals surface area contributed by atoms with Gasteiger partial charge in [0, 0.05) is 22.9 Å². The lowest BCUT2D eigenvalue weighted by Gasteiger charge is -2.35. The summed E-state index contributed by atoms with van der Waals surface area (Å²) in [6.07, 6.45) is 12.4. The van der Waals surface area contributed by atoms with Gasteiger partial charge in [-0.2, -0.15) is 0 Å². The lowest BCUT2D eigenvalue weighted by Crippen LogP contribution is -2.45. The summed E-state index contributed by atoms with van der Waals surface area (Å²) >= 11 is 1.76. The number of allylic oxidation sites excluding steroid dienone is 3. The van der Waals surface area contributed by atoms with Gasteiger partial charge in [-0.1, -0.05) is 50.4 Å². The van der Waals surface area contributed by atoms with E-state index in [0.29, 0.717) is 17.2 Å². The number of rotatable bonds is 5. The van der Waals surface area contributed by atoms with Gasteiger partial charge >= 0.3 is 0 Å². The highest BCUT2D eigenvalue weighted by atomic mass is 32.2. The molecule has 2 N–H and O–H groups in total. The average Bonchev–Trinajstić information content (AvgIpc) is 3.05. The molecule has 3 rings (SSSR count). The predicted octanol–water partition coefficient (Wildman–Crippen LogP) is 4.57. The molecular formula is C20H32N2OS. The van der Waals surface area contributed by atoms with Crippen molar-refractivity contribution in [2.75, 3.05) is 0 Å². The Morgan fingerprint density at radius 3 is 2.75 bits per heavy atom. The summed E-state index contributed by atoms with van der Waals surface area (Å²) in [5.41, 5.74) is 2.95. The van der Waals surface area contributed by atoms with Crippen LogP contribution in [0.2, 0.25) is 0 Å². The minimum absolute atomic E-state index is 0.153. The third kappa shape index (κ3) is 4.19. The molecule has 0 aromatic heterocycles. The van der Waals surface area contributed by atoms with Gasteiger partial charge < -0.3 is 10.0 Å². The molecule has 1 fully saturated rings. The molecule has 3 aliphatic carbocycles. The Morgan fingerprint density at radius 1 is 1.21 bits per heavy atom. The zero-order chi connectivity index (χ0) is 17.1. The van der Waals surface area contributed by atoms with Gasteiger partial charge in [0.15, 0.2) is 0 Å². The Hall–Kier alpha value is -0.900. The van der Waals surface area contributed by atoms with Gasteiger partial charge in [-0.15, -0.1) is 0 Å². The third-order valence-electron chi connectivity index (χ3n) is 5.90. The van der Waals surface area contributed by atoms with Gasteiger partial charge in [0.2, 0.25) is 5.91 Å². The lowest BCUT2D eigenvalue weighted by molar-refractivity contribution is -0.126. The molecule has 134 valence electrons. The first-order valence-corrected chi connectivity index (χ1v) is 10.5. The van der Waals surface area contributed by atoms with Crippen LogP contribution in [0.3, 0.4) is 0 Å². The first-order valence-electron chi connectivity index (χ1n) is 9.64. The van der Waals surface area contributed by atoms with Crippen LogP contribution in [0.5, 0.6) is 0 Å². The molecule has 1 amide bonds. The summed E-state index contributed by atoms with van der Waals surface area (Å²) in [4.78, 5) is 12.7. The highest BCUT2D eigenvalue weighted by molar-refractivity contribution is 7.98. The maximum absolute atomic E-state index is 12.7. The zero-order valence-corrected chi connectivity index (χ0v) is 16.1. The second-order valence-electron chi connectivity index (χ2n) is 7.96. The molecule has 0 heterocycles. The molecule has 0 spiro atoms. The van der Waals surface area contributed by atoms with E-state index in [-0.39, 0.29) is 11.8 Å². The first-order chi connectivity index (χ1) is 11.5. The molecule has 4 heteroatoms. The van der Waals surface area contributed by atoms with Gasteiger partial charge in [-0.25, -0.2) is 0 Å². The van der Waals surface area contributed by atoms with E-state index in [2.05, 4.69) is 43.0 Å². The van der Waals surface area contributed by atoms with Gasteiger partial charge in [-0.3, -0.25) is 4.79 Å². The number of hydrogen-bond acceptors (Lipinski definition) is 3. The average molecular weight is 349 g/mol. The number of hydrogen-bond donors (Lipinski definition) is 2. The minimum atomic E-state index is 0.153. The second kappa shape index (κ2) is 7.99. The van der Waals surface area contributed by atoms with Crippen molar-refractivity contribution < 1.29 is 4.79 Å². The van der Waals surface area contributed by atoms with Crippen LogP contribution in [0.25, 0.3) is 0 Å². The van der Waals surface area contributed by atoms with Crippen molar-refractivity contribution in [2.24, 2.45) is 17.8 Å². The van der Waals surface area contributed by atoms with E-state index in [1.54, 1.807) is 17.5 Å². The lowest BCUT2D eigenvalue weighted by atomic mass is 9.77. The topological polar surface area (TPSA) is 41.1 Å². The fourth-order valence-corrected chi connectivity index (χ4v) is 4.95. The molecule has 0 aliphatic heterocycles. The Kier molecular flexibility index (Phi) is 5.96. The summed E-state index contributed by atoms with van der Waals surface area (Å²) in [6.45, 7) is 6.71. The molecule has 24 heavy (non-hydrogen) atoms. The van der Waals surface area contributed by atoms with Crippen molar-refractivity contribution in [3.8, 4) is 0 Å². The summed E-state index contributed by atoms with van der Waals surface area (Å²) in [6, 6.07) is 0.337. The highest BCUT2D eigenvalue weighted by Gasteiger charge is 2.35. The molecule has 0 aromatic rings. The van der Waals surface area contributed by atoms with E-state index < -0.39 is 0 Å². The van der Waals surface area contributed by atoms with Crippen molar-refractivity contribution >= 4 is 17.9 Å². The Labute approximate surface area is 151 Å². The molecule has 3 nitrogen and oxygen atoms in total. The highest BCUT2D eigenvalue weighted by Crippen LogP contribution is 2.42. The molecule has 3 unspecified atom stereocenters. The summed E-state index contributed by atoms with van der Waals surface area (Å²) in [7, 11) is 0. The maximum Gasteiger partial charge on any atom is 0.223 e. The Bertz CT molecular complexity index is 526. The number of nitrogens with one attached hydrogen (secondary N) is 2. The molecule has 0 radical (unpaired) electrons. The van der Waals surface area contributed by atoms with Crippen molar-refractivity contribution in [3.05, 3.63) is 23.4 Å². The number of carbonyl (C=O) groups is 1. The van der Waals surface area contributed by atoms with Gasteiger partial charge in [-0.05, 0) is 56.8 Å². The molecule has 1 saturated carbocycles. The third-order valence-corrected chi connectivity index (χ3v) is 6.75. The van der Waals surface area contributed by atoms with Crippen LogP contribution in [-0.4, -0.2) is 17.2 Å². The number of carbonyl (C=O) groups excluding carboxylic acids is 1. The largest absolute Gasteiger partial charge is 0.353 e. The van der Waals surface area contributed by atoms with E-state index in [9.17, 15) is 4.79 Å². The summed E-state index contributed by atoms with van der Waals surface area (Å²) < 4.78 is 3.43. The van der Waals surface area contributed by atoms with Crippen LogP contribution in [-0.2, 0) is 4.79 Å². The first kappa shape index (κ1) is 17.9. The van der Waals surface area contributed by atoms with E-state index in [0.717, 1.165) is 31.6 Å². The second-order valence-corrected chi connectivity index (χ2v) is 9.34. The smallest absolute Gasteiger partial charge is 0.223 e. The summed E-state index contributed by atoms with van der Waals surface area (Å²) in [5, 5.41) is 3.95. The van der Waals surface area contributed by atoms with Crippen LogP contribution in [0.4, 0.5) is 0 Å². The fourth-order valence-electron chi connectivity index (χ4n) is 4.37. The Balaban J connectivity index is 1.49. The molecule has 0 saturated heterocycles. The van der Waals surface area contributed by atoms with Crippen LogP contribution >= 0.6 is 11.9 Å². The molecule has 0 aromatic carbocycles. The standard InChI is InChI=1S/C20H32N2OS/c1-13(2)24-22-17-10-7-16(8-11-17)20(23)21-19-12-9-15-5-4-6-18(15)14(19)3/h9-10,13-14,16,18-19,22H,4-8,11-12H2,1-3H3,(H,21,23)/t14-,16?,18?,19?/m0/s1. The normalized spacial score (nSPS) is 32.8. The van der Waals surface area contributed by atoms with Crippen molar-refractivity contribution in [2.45, 2.75) is 77.0 Å². The van der Waals surface area contributed by atoms with Gasteiger partial charge in [0.1, 0.15) is 0 Å². The fraction of sp³-hybridized carbons (Fsp3) is 0.750. The number of fused-ring (bicyclic) bond motifs is 1. The minimum Gasteiger partial charge on any atom is -0.353 e. The van der Waals surface area contributed by atoms with Crippen LogP contribution in [0.15, 0.2) is 23.4 Å². The molecule has 3 aliphatic rings. The van der Waals surface area contributed by atoms with Crippen LogP contribution < -0.4 is 10.0 Å². The van der Waals surface area contributed by atoms with Gasteiger partial charge in [0.25, 0.3) is 0 Å². The van der Waals surface area contributed by atoms with Crippen molar-refractivity contribution in [3.63, 3.8) is 0 Å². The number of amides is 1. The quantitative estimate of drug-likeness (QED) is 0.565. The molecular weight excluding hydrogens is 316 g/mol. The SMILES string of the molecule is CC(C)SNC1=CCC(C(=O)NC2CC=C3CCCC3[C@@H]2C)CC1. The molecule has 0 bridgehead atoms. The Morgan fingerprint density at radius 2 is 2.04 bits per heavy atom. The zero-order valence-electron chi connectivity index (χ0n) is 15.3. The van der Waals surface area contributed by atoms with E-state index in [1.165, 1.54) is 25.0 Å².